The Bertz CT molecular complexity index is 750. The molecule has 0 unspecified atom stereocenters. The van der Waals surface area contributed by atoms with E-state index in [2.05, 4.69) is 21.0 Å². The summed E-state index contributed by atoms with van der Waals surface area (Å²) in [5.41, 5.74) is 1.88. The fraction of sp³-hybridized carbons (Fsp3) is 0.133. The minimum atomic E-state index is 0.804. The minimum absolute atomic E-state index is 0.804. The Labute approximate surface area is 125 Å². The van der Waals surface area contributed by atoms with Crippen molar-refractivity contribution in [2.45, 2.75) is 0 Å². The zero-order valence-electron chi connectivity index (χ0n) is 11.1. The van der Waals surface area contributed by atoms with E-state index in [1.54, 1.807) is 14.2 Å². The number of aromatic nitrogens is 2. The third kappa shape index (κ3) is 2.25. The number of hydrogen-bond acceptors (Lipinski definition) is 3. The van der Waals surface area contributed by atoms with Crippen molar-refractivity contribution in [2.24, 2.45) is 0 Å². The highest BCUT2D eigenvalue weighted by Crippen LogP contribution is 2.29. The molecule has 0 N–H and O–H groups in total. The van der Waals surface area contributed by atoms with Gasteiger partial charge < -0.3 is 9.47 Å². The zero-order chi connectivity index (χ0) is 14.1. The molecule has 0 aliphatic heterocycles. The van der Waals surface area contributed by atoms with Crippen molar-refractivity contribution in [3.63, 3.8) is 0 Å². The van der Waals surface area contributed by atoms with E-state index in [-0.39, 0.29) is 0 Å². The number of nitrogens with zero attached hydrogens (tertiary/aromatic N) is 2. The Hall–Kier alpha value is -2.01. The molecule has 0 amide bonds. The lowest BCUT2D eigenvalue weighted by molar-refractivity contribution is 0.414. The molecule has 102 valence electrons. The van der Waals surface area contributed by atoms with Crippen molar-refractivity contribution >= 4 is 26.8 Å². The van der Waals surface area contributed by atoms with Gasteiger partial charge in [-0.1, -0.05) is 0 Å². The number of halogens is 1. The topological polar surface area (TPSA) is 36.3 Å². The molecule has 3 rings (SSSR count). The second-order valence-corrected chi connectivity index (χ2v) is 5.17. The van der Waals surface area contributed by atoms with Gasteiger partial charge in [-0.05, 0) is 52.3 Å². The van der Waals surface area contributed by atoms with Crippen LogP contribution in [0, 0.1) is 0 Å². The second kappa shape index (κ2) is 5.17. The van der Waals surface area contributed by atoms with Crippen LogP contribution in [-0.2, 0) is 0 Å². The van der Waals surface area contributed by atoms with Gasteiger partial charge in [-0.3, -0.25) is 0 Å². The van der Waals surface area contributed by atoms with Crippen molar-refractivity contribution in [1.29, 1.82) is 0 Å². The summed E-state index contributed by atoms with van der Waals surface area (Å²) in [6.07, 6.45) is 1.98. The number of methoxy groups -OCH3 is 2. The van der Waals surface area contributed by atoms with Gasteiger partial charge in [0.2, 0.25) is 0 Å². The lowest BCUT2D eigenvalue weighted by Crippen LogP contribution is -1.94. The lowest BCUT2D eigenvalue weighted by Gasteiger charge is -2.02. The molecule has 0 saturated heterocycles. The molecule has 1 heterocycles. The molecule has 0 bridgehead atoms. The van der Waals surface area contributed by atoms with Crippen molar-refractivity contribution in [3.05, 3.63) is 47.1 Å². The zero-order valence-corrected chi connectivity index (χ0v) is 12.7. The number of hydrogen-bond donors (Lipinski definition) is 0. The van der Waals surface area contributed by atoms with Gasteiger partial charge in [0.1, 0.15) is 17.0 Å². The van der Waals surface area contributed by atoms with Gasteiger partial charge >= 0.3 is 0 Å². The molecule has 0 spiro atoms. The molecule has 5 heteroatoms. The normalized spacial score (nSPS) is 10.8. The molecule has 0 fully saturated rings. The van der Waals surface area contributed by atoms with Gasteiger partial charge in [0.15, 0.2) is 0 Å². The van der Waals surface area contributed by atoms with Crippen LogP contribution in [0.2, 0.25) is 0 Å². The average molecular weight is 333 g/mol. The molecule has 0 saturated carbocycles. The minimum Gasteiger partial charge on any atom is -0.497 e. The number of ether oxygens (including phenoxy) is 2. The average Bonchev–Trinajstić information content (AvgIpc) is 2.92. The summed E-state index contributed by atoms with van der Waals surface area (Å²) in [7, 11) is 3.31. The maximum Gasteiger partial charge on any atom is 0.120 e. The van der Waals surface area contributed by atoms with Crippen molar-refractivity contribution in [2.75, 3.05) is 14.2 Å². The fourth-order valence-electron chi connectivity index (χ4n) is 2.05. The second-order valence-electron chi connectivity index (χ2n) is 4.32. The first-order chi connectivity index (χ1) is 9.71. The lowest BCUT2D eigenvalue weighted by atomic mass is 10.2. The summed E-state index contributed by atoms with van der Waals surface area (Å²) in [6, 6.07) is 11.6. The van der Waals surface area contributed by atoms with E-state index in [4.69, 9.17) is 9.47 Å². The van der Waals surface area contributed by atoms with E-state index < -0.39 is 0 Å². The molecule has 0 aliphatic rings. The van der Waals surface area contributed by atoms with Gasteiger partial charge in [0, 0.05) is 16.1 Å². The SMILES string of the molecule is COc1ccc(-n2cc3cc(OC)cc(Br)c3n2)cc1. The molecule has 0 radical (unpaired) electrons. The predicted octanol–water partition coefficient (Wildman–Crippen LogP) is 3.81. The van der Waals surface area contributed by atoms with Crippen LogP contribution in [0.3, 0.4) is 0 Å². The maximum atomic E-state index is 5.26. The maximum absolute atomic E-state index is 5.26. The summed E-state index contributed by atoms with van der Waals surface area (Å²) < 4.78 is 13.2. The Morgan fingerprint density at radius 1 is 1.00 bits per heavy atom. The monoisotopic (exact) mass is 332 g/mol. The van der Waals surface area contributed by atoms with E-state index in [9.17, 15) is 0 Å². The van der Waals surface area contributed by atoms with E-state index in [0.29, 0.717) is 0 Å². The molecule has 20 heavy (non-hydrogen) atoms. The Morgan fingerprint density at radius 2 is 1.70 bits per heavy atom. The van der Waals surface area contributed by atoms with E-state index in [1.165, 1.54) is 0 Å². The van der Waals surface area contributed by atoms with Crippen LogP contribution in [-0.4, -0.2) is 24.0 Å². The summed E-state index contributed by atoms with van der Waals surface area (Å²) >= 11 is 3.52. The molecule has 1 aromatic heterocycles. The molecule has 4 nitrogen and oxygen atoms in total. The van der Waals surface area contributed by atoms with Crippen LogP contribution < -0.4 is 9.47 Å². The van der Waals surface area contributed by atoms with Crippen molar-refractivity contribution in [1.82, 2.24) is 9.78 Å². The number of benzene rings is 2. The largest absolute Gasteiger partial charge is 0.497 e. The van der Waals surface area contributed by atoms with Crippen LogP contribution in [0.4, 0.5) is 0 Å². The standard InChI is InChI=1S/C15H13BrN2O2/c1-19-12-5-3-11(4-6-12)18-9-10-7-13(20-2)8-14(16)15(10)17-18/h3-9H,1-2H3. The van der Waals surface area contributed by atoms with Crippen molar-refractivity contribution < 1.29 is 9.47 Å². The highest BCUT2D eigenvalue weighted by atomic mass is 79.9. The third-order valence-electron chi connectivity index (χ3n) is 3.11. The van der Waals surface area contributed by atoms with Gasteiger partial charge in [0.05, 0.1) is 19.9 Å². The van der Waals surface area contributed by atoms with Crippen LogP contribution in [0.5, 0.6) is 11.5 Å². The van der Waals surface area contributed by atoms with Crippen LogP contribution in [0.15, 0.2) is 47.1 Å². The summed E-state index contributed by atoms with van der Waals surface area (Å²) in [4.78, 5) is 0. The molecule has 0 atom stereocenters. The van der Waals surface area contributed by atoms with E-state index >= 15 is 0 Å². The molecule has 2 aromatic carbocycles. The predicted molar refractivity (Wildman–Crippen MR) is 81.9 cm³/mol. The molecule has 3 aromatic rings. The molecular weight excluding hydrogens is 320 g/mol. The Kier molecular flexibility index (Phi) is 3.36. The fourth-order valence-corrected chi connectivity index (χ4v) is 2.59. The quantitative estimate of drug-likeness (QED) is 0.731. The molecule has 0 aliphatic carbocycles. The van der Waals surface area contributed by atoms with Gasteiger partial charge in [-0.25, -0.2) is 4.68 Å². The Morgan fingerprint density at radius 3 is 2.35 bits per heavy atom. The Balaban J connectivity index is 2.09. The van der Waals surface area contributed by atoms with Gasteiger partial charge in [0.25, 0.3) is 0 Å². The van der Waals surface area contributed by atoms with Crippen LogP contribution in [0.1, 0.15) is 0 Å². The first-order valence-corrected chi connectivity index (χ1v) is 6.88. The highest BCUT2D eigenvalue weighted by molar-refractivity contribution is 9.10. The third-order valence-corrected chi connectivity index (χ3v) is 3.71. The van der Waals surface area contributed by atoms with Crippen LogP contribution >= 0.6 is 15.9 Å². The summed E-state index contributed by atoms with van der Waals surface area (Å²) in [6.45, 7) is 0. The van der Waals surface area contributed by atoms with Gasteiger partial charge in [-0.2, -0.15) is 5.10 Å². The first kappa shape index (κ1) is 13.0. The summed E-state index contributed by atoms with van der Waals surface area (Å²) in [5.74, 6) is 1.63. The van der Waals surface area contributed by atoms with E-state index in [0.717, 1.165) is 32.6 Å². The first-order valence-electron chi connectivity index (χ1n) is 6.08. The summed E-state index contributed by atoms with van der Waals surface area (Å²) in [5, 5.41) is 5.61. The van der Waals surface area contributed by atoms with Gasteiger partial charge in [-0.15, -0.1) is 0 Å². The van der Waals surface area contributed by atoms with Crippen LogP contribution in [0.25, 0.3) is 16.6 Å². The van der Waals surface area contributed by atoms with E-state index in [1.807, 2.05) is 47.3 Å². The number of rotatable bonds is 3. The van der Waals surface area contributed by atoms with Crippen molar-refractivity contribution in [3.8, 4) is 17.2 Å². The number of fused-ring (bicyclic) bond motifs is 1. The smallest absolute Gasteiger partial charge is 0.120 e. The highest BCUT2D eigenvalue weighted by Gasteiger charge is 2.08. The molecular formula is C15H13BrN2O2.